The second-order valence-corrected chi connectivity index (χ2v) is 9.10. The molecular weight excluding hydrogens is 432 g/mol. The van der Waals surface area contributed by atoms with E-state index in [1.165, 1.54) is 35.6 Å². The molecule has 0 saturated heterocycles. The van der Waals surface area contributed by atoms with Crippen molar-refractivity contribution in [3.63, 3.8) is 0 Å². The van der Waals surface area contributed by atoms with E-state index in [0.717, 1.165) is 20.9 Å². The van der Waals surface area contributed by atoms with E-state index in [1.54, 1.807) is 24.5 Å². The molecule has 1 atom stereocenters. The molecular formula is C22H14ClF2NOS2. The maximum Gasteiger partial charge on any atom is 0.152 e. The molecule has 0 fully saturated rings. The standard InChI is InChI=1S/C22H14ClF2NOS2/c1-29(27)17-9-4-14(5-10-17)21-20(13-2-7-16(24)8-3-13)26-22(28-21)15-6-11-19(25)18(23)12-15/h2-12H,1H3. The monoisotopic (exact) mass is 445 g/mol. The lowest BCUT2D eigenvalue weighted by Crippen LogP contribution is -1.96. The maximum absolute atomic E-state index is 13.6. The van der Waals surface area contributed by atoms with Gasteiger partial charge in [-0.2, -0.15) is 0 Å². The number of hydrogen-bond donors (Lipinski definition) is 0. The summed E-state index contributed by atoms with van der Waals surface area (Å²) in [5.41, 5.74) is 3.05. The number of thiazole rings is 1. The van der Waals surface area contributed by atoms with Crippen LogP contribution in [-0.4, -0.2) is 15.8 Å². The van der Waals surface area contributed by atoms with Crippen LogP contribution in [0.2, 0.25) is 5.02 Å². The highest BCUT2D eigenvalue weighted by Crippen LogP contribution is 2.41. The van der Waals surface area contributed by atoms with Gasteiger partial charge in [0.1, 0.15) is 22.9 Å². The normalized spacial score (nSPS) is 12.2. The predicted octanol–water partition coefficient (Wildman–Crippen LogP) is 6.81. The van der Waals surface area contributed by atoms with Gasteiger partial charge in [0.2, 0.25) is 0 Å². The number of halogens is 3. The molecule has 146 valence electrons. The molecule has 0 aliphatic carbocycles. The Morgan fingerprint density at radius 3 is 2.14 bits per heavy atom. The Bertz CT molecular complexity index is 1160. The lowest BCUT2D eigenvalue weighted by Gasteiger charge is -2.06. The van der Waals surface area contributed by atoms with E-state index in [4.69, 9.17) is 16.6 Å². The van der Waals surface area contributed by atoms with Crippen LogP contribution in [0.25, 0.3) is 32.3 Å². The van der Waals surface area contributed by atoms with Crippen molar-refractivity contribution in [1.29, 1.82) is 0 Å². The second kappa shape index (κ2) is 8.24. The van der Waals surface area contributed by atoms with E-state index in [-0.39, 0.29) is 10.8 Å². The van der Waals surface area contributed by atoms with Gasteiger partial charge >= 0.3 is 0 Å². The molecule has 4 rings (SSSR count). The van der Waals surface area contributed by atoms with E-state index in [0.29, 0.717) is 16.3 Å². The average Bonchev–Trinajstić information content (AvgIpc) is 3.16. The second-order valence-electron chi connectivity index (χ2n) is 6.31. The summed E-state index contributed by atoms with van der Waals surface area (Å²) in [4.78, 5) is 6.34. The van der Waals surface area contributed by atoms with Gasteiger partial charge in [-0.25, -0.2) is 13.8 Å². The van der Waals surface area contributed by atoms with Crippen molar-refractivity contribution in [2.45, 2.75) is 4.90 Å². The van der Waals surface area contributed by atoms with Crippen molar-refractivity contribution in [2.75, 3.05) is 6.26 Å². The summed E-state index contributed by atoms with van der Waals surface area (Å²) in [6.45, 7) is 0. The zero-order valence-corrected chi connectivity index (χ0v) is 17.5. The summed E-state index contributed by atoms with van der Waals surface area (Å²) in [5.74, 6) is -0.819. The van der Waals surface area contributed by atoms with E-state index in [2.05, 4.69) is 0 Å². The van der Waals surface area contributed by atoms with Crippen molar-refractivity contribution >= 4 is 34.1 Å². The van der Waals surface area contributed by atoms with Crippen LogP contribution in [0.5, 0.6) is 0 Å². The third kappa shape index (κ3) is 4.21. The maximum atomic E-state index is 13.6. The van der Waals surface area contributed by atoms with Crippen LogP contribution in [0.4, 0.5) is 8.78 Å². The van der Waals surface area contributed by atoms with Crippen LogP contribution in [0.15, 0.2) is 71.6 Å². The number of benzene rings is 3. The molecule has 29 heavy (non-hydrogen) atoms. The van der Waals surface area contributed by atoms with Gasteiger partial charge in [-0.3, -0.25) is 0 Å². The molecule has 4 aromatic rings. The van der Waals surface area contributed by atoms with Gasteiger partial charge in [0.15, 0.2) is 4.90 Å². The lowest BCUT2D eigenvalue weighted by molar-refractivity contribution is 0.601. The van der Waals surface area contributed by atoms with Crippen LogP contribution in [-0.2, 0) is 11.2 Å². The van der Waals surface area contributed by atoms with Crippen molar-refractivity contribution in [1.82, 2.24) is 4.98 Å². The predicted molar refractivity (Wildman–Crippen MR) is 116 cm³/mol. The Hall–Kier alpha value is -2.25. The number of hydrogen-bond acceptors (Lipinski definition) is 3. The Labute approximate surface area is 179 Å². The van der Waals surface area contributed by atoms with E-state index >= 15 is 0 Å². The zero-order valence-electron chi connectivity index (χ0n) is 15.2. The molecule has 0 amide bonds. The minimum absolute atomic E-state index is 0.0253. The van der Waals surface area contributed by atoms with E-state index < -0.39 is 17.0 Å². The van der Waals surface area contributed by atoms with Gasteiger partial charge in [-0.05, 0) is 83.5 Å². The molecule has 0 aliphatic heterocycles. The molecule has 0 N–H and O–H groups in total. The van der Waals surface area contributed by atoms with Gasteiger partial charge in [0, 0.05) is 11.1 Å². The van der Waals surface area contributed by atoms with Gasteiger partial charge in [-0.15, -0.1) is 11.3 Å². The van der Waals surface area contributed by atoms with Crippen molar-refractivity contribution < 1.29 is 13.3 Å². The molecule has 1 unspecified atom stereocenters. The van der Waals surface area contributed by atoms with E-state index in [9.17, 15) is 13.3 Å². The fraction of sp³-hybridized carbons (Fsp3) is 0.0455. The minimum atomic E-state index is -1.07. The largest absolute Gasteiger partial charge is 0.612 e. The fourth-order valence-electron chi connectivity index (χ4n) is 2.87. The highest BCUT2D eigenvalue weighted by atomic mass is 35.5. The highest BCUT2D eigenvalue weighted by Gasteiger charge is 2.18. The zero-order chi connectivity index (χ0) is 20.5. The first kappa shape index (κ1) is 20.0. The van der Waals surface area contributed by atoms with Crippen LogP contribution in [0, 0.1) is 11.6 Å². The van der Waals surface area contributed by atoms with Gasteiger partial charge in [0.05, 0.1) is 15.6 Å². The Morgan fingerprint density at radius 2 is 1.52 bits per heavy atom. The minimum Gasteiger partial charge on any atom is -0.612 e. The Kier molecular flexibility index (Phi) is 5.69. The first-order valence-corrected chi connectivity index (χ1v) is 11.3. The van der Waals surface area contributed by atoms with Gasteiger partial charge in [-0.1, -0.05) is 11.6 Å². The smallest absolute Gasteiger partial charge is 0.152 e. The van der Waals surface area contributed by atoms with Crippen LogP contribution >= 0.6 is 22.9 Å². The molecule has 0 bridgehead atoms. The molecule has 2 nitrogen and oxygen atoms in total. The lowest BCUT2D eigenvalue weighted by atomic mass is 10.1. The quantitative estimate of drug-likeness (QED) is 0.323. The summed E-state index contributed by atoms with van der Waals surface area (Å²) in [7, 11) is 0. The van der Waals surface area contributed by atoms with Crippen LogP contribution in [0.3, 0.4) is 0 Å². The summed E-state index contributed by atoms with van der Waals surface area (Å²) in [6.07, 6.45) is 1.63. The molecule has 1 heterocycles. The first-order valence-electron chi connectivity index (χ1n) is 8.58. The number of aromatic nitrogens is 1. The summed E-state index contributed by atoms with van der Waals surface area (Å²) in [5, 5.41) is 0.696. The third-order valence-electron chi connectivity index (χ3n) is 4.36. The van der Waals surface area contributed by atoms with Crippen molar-refractivity contribution in [3.05, 3.63) is 83.4 Å². The summed E-state index contributed by atoms with van der Waals surface area (Å²) < 4.78 is 38.6. The third-order valence-corrected chi connectivity index (χ3v) is 6.74. The topological polar surface area (TPSA) is 36.0 Å². The fourth-order valence-corrected chi connectivity index (χ4v) is 4.66. The number of nitrogens with zero attached hydrogens (tertiary/aromatic N) is 1. The molecule has 3 aromatic carbocycles. The van der Waals surface area contributed by atoms with Gasteiger partial charge in [0.25, 0.3) is 0 Å². The summed E-state index contributed by atoms with van der Waals surface area (Å²) in [6, 6.07) is 18.0. The first-order chi connectivity index (χ1) is 13.9. The molecule has 0 aliphatic rings. The molecule has 1 aromatic heterocycles. The highest BCUT2D eigenvalue weighted by molar-refractivity contribution is 7.90. The van der Waals surface area contributed by atoms with Crippen molar-refractivity contribution in [2.24, 2.45) is 0 Å². The molecule has 0 radical (unpaired) electrons. The van der Waals surface area contributed by atoms with E-state index in [1.807, 2.05) is 24.3 Å². The van der Waals surface area contributed by atoms with Gasteiger partial charge < -0.3 is 4.55 Å². The summed E-state index contributed by atoms with van der Waals surface area (Å²) >= 11 is 6.30. The Balaban J connectivity index is 1.86. The Morgan fingerprint density at radius 1 is 0.897 bits per heavy atom. The van der Waals surface area contributed by atoms with Crippen LogP contribution < -0.4 is 0 Å². The average molecular weight is 446 g/mol. The number of rotatable bonds is 4. The molecule has 7 heteroatoms. The SMILES string of the molecule is C[S+]([O-])c1ccc(-c2sc(-c3ccc(F)c(Cl)c3)nc2-c2ccc(F)cc2)cc1. The van der Waals surface area contributed by atoms with Crippen LogP contribution in [0.1, 0.15) is 0 Å². The van der Waals surface area contributed by atoms with Crippen molar-refractivity contribution in [3.8, 4) is 32.3 Å². The molecule has 0 saturated carbocycles. The molecule has 0 spiro atoms.